The predicted molar refractivity (Wildman–Crippen MR) is 122 cm³/mol. The number of aryl methyl sites for hydroxylation is 2. The second-order valence-electron chi connectivity index (χ2n) is 8.11. The lowest BCUT2D eigenvalue weighted by Crippen LogP contribution is -2.30. The van der Waals surface area contributed by atoms with Crippen molar-refractivity contribution >= 4 is 40.8 Å². The number of carbonyl (C=O) groups excluding carboxylic acids is 2. The maximum absolute atomic E-state index is 13.1. The number of anilines is 1. The highest BCUT2D eigenvalue weighted by Gasteiger charge is 2.29. The number of nitrogens with one attached hydrogen (secondary N) is 2. The molecule has 32 heavy (non-hydrogen) atoms. The second-order valence-corrected chi connectivity index (χ2v) is 8.52. The number of aromatic amines is 1. The van der Waals surface area contributed by atoms with E-state index in [9.17, 15) is 9.59 Å². The lowest BCUT2D eigenvalue weighted by atomic mass is 9.98. The number of hydrogen-bond acceptors (Lipinski definition) is 4. The molecule has 2 aliphatic heterocycles. The highest BCUT2D eigenvalue weighted by Crippen LogP contribution is 2.42. The lowest BCUT2D eigenvalue weighted by molar-refractivity contribution is -0.110. The lowest BCUT2D eigenvalue weighted by Gasteiger charge is -2.17. The van der Waals surface area contributed by atoms with Gasteiger partial charge in [-0.25, -0.2) is 0 Å². The number of H-pyrrole nitrogens is 1. The third-order valence-electron chi connectivity index (χ3n) is 5.74. The zero-order valence-electron chi connectivity index (χ0n) is 18.0. The van der Waals surface area contributed by atoms with E-state index in [1.54, 1.807) is 28.8 Å². The predicted octanol–water partition coefficient (Wildman–Crippen LogP) is 3.47. The monoisotopic (exact) mass is 451 g/mol. The number of benzene rings is 1. The van der Waals surface area contributed by atoms with Crippen molar-refractivity contribution in [3.05, 3.63) is 57.6 Å². The molecule has 5 rings (SSSR count). The van der Waals surface area contributed by atoms with E-state index < -0.39 is 0 Å². The number of hydrogen-bond donors (Lipinski definition) is 2. The molecular formula is C23H22ClN5O3. The molecule has 0 aliphatic carbocycles. The van der Waals surface area contributed by atoms with Crippen LogP contribution in [0.4, 0.5) is 5.69 Å². The van der Waals surface area contributed by atoms with Crippen molar-refractivity contribution < 1.29 is 14.3 Å². The number of rotatable bonds is 0. The van der Waals surface area contributed by atoms with Gasteiger partial charge < -0.3 is 19.9 Å². The smallest absolute Gasteiger partial charge is 0.256 e. The molecule has 2 bridgehead atoms. The minimum atomic E-state index is -0.267. The van der Waals surface area contributed by atoms with E-state index in [0.717, 1.165) is 22.5 Å². The van der Waals surface area contributed by atoms with E-state index in [4.69, 9.17) is 16.3 Å². The Morgan fingerprint density at radius 2 is 1.94 bits per heavy atom. The average Bonchev–Trinajstić information content (AvgIpc) is 3.40. The Labute approximate surface area is 189 Å². The number of amides is 2. The zero-order chi connectivity index (χ0) is 22.6. The van der Waals surface area contributed by atoms with Gasteiger partial charge in [-0.3, -0.25) is 14.3 Å². The Morgan fingerprint density at radius 1 is 1.12 bits per heavy atom. The molecule has 0 unspecified atom stereocenters. The second kappa shape index (κ2) is 7.65. The number of halogens is 1. The van der Waals surface area contributed by atoms with E-state index in [-0.39, 0.29) is 11.8 Å². The minimum Gasteiger partial charge on any atom is -0.373 e. The number of carbonyl (C=O) groups is 2. The third kappa shape index (κ3) is 3.41. The van der Waals surface area contributed by atoms with Crippen molar-refractivity contribution in [2.45, 2.75) is 13.5 Å². The summed E-state index contributed by atoms with van der Waals surface area (Å²) in [5.74, 6) is -0.416. The molecule has 0 spiro atoms. The maximum Gasteiger partial charge on any atom is 0.256 e. The van der Waals surface area contributed by atoms with E-state index >= 15 is 0 Å². The molecule has 0 atom stereocenters. The van der Waals surface area contributed by atoms with Crippen LogP contribution < -0.4 is 5.32 Å². The van der Waals surface area contributed by atoms with Crippen LogP contribution in [0.15, 0.2) is 24.4 Å². The molecular weight excluding hydrogens is 430 g/mol. The molecule has 1 aromatic carbocycles. The highest BCUT2D eigenvalue weighted by atomic mass is 35.5. The van der Waals surface area contributed by atoms with Gasteiger partial charge in [0.2, 0.25) is 0 Å². The maximum atomic E-state index is 13.1. The molecule has 2 N–H and O–H groups in total. The summed E-state index contributed by atoms with van der Waals surface area (Å²) in [6, 6.07) is 5.54. The van der Waals surface area contributed by atoms with Crippen LogP contribution in [0.2, 0.25) is 5.02 Å². The molecule has 2 aliphatic rings. The van der Waals surface area contributed by atoms with Gasteiger partial charge in [-0.15, -0.1) is 0 Å². The molecule has 0 saturated carbocycles. The highest BCUT2D eigenvalue weighted by molar-refractivity contribution is 6.41. The minimum absolute atomic E-state index is 0.149. The first-order valence-electron chi connectivity index (χ1n) is 10.2. The summed E-state index contributed by atoms with van der Waals surface area (Å²) in [6.45, 7) is 2.96. The first kappa shape index (κ1) is 20.5. The summed E-state index contributed by atoms with van der Waals surface area (Å²) >= 11 is 6.57. The normalized spacial score (nSPS) is 17.8. The van der Waals surface area contributed by atoms with Crippen LogP contribution in [0.3, 0.4) is 0 Å². The summed E-state index contributed by atoms with van der Waals surface area (Å²) in [7, 11) is 3.58. The van der Waals surface area contributed by atoms with Gasteiger partial charge in [0.1, 0.15) is 0 Å². The fraction of sp³-hybridized carbons (Fsp3) is 0.261. The van der Waals surface area contributed by atoms with Gasteiger partial charge >= 0.3 is 0 Å². The summed E-state index contributed by atoms with van der Waals surface area (Å²) < 4.78 is 7.57. The van der Waals surface area contributed by atoms with Gasteiger partial charge in [0, 0.05) is 43.7 Å². The standard InChI is InChI=1S/C23H22ClN5O3/c1-12-6-16-19(25-12)9-15-14-7-13(8-18(24)21(14)26-22(15)30)17-10-29(3)27-20(17)11-32-5-4-28(2)23(16)31/h6-10,25H,4-5,11H2,1-3H3,(H,26,30)/b15-9-. The molecule has 2 amide bonds. The molecule has 2 aromatic heterocycles. The first-order valence-corrected chi connectivity index (χ1v) is 10.6. The van der Waals surface area contributed by atoms with Crippen molar-refractivity contribution in [3.63, 3.8) is 0 Å². The molecule has 8 nitrogen and oxygen atoms in total. The molecule has 3 aromatic rings. The Morgan fingerprint density at radius 3 is 2.75 bits per heavy atom. The number of aromatic nitrogens is 3. The molecule has 0 saturated heterocycles. The average molecular weight is 452 g/mol. The van der Waals surface area contributed by atoms with Crippen molar-refractivity contribution in [2.24, 2.45) is 7.05 Å². The summed E-state index contributed by atoms with van der Waals surface area (Å²) in [5, 5.41) is 7.82. The molecule has 164 valence electrons. The fourth-order valence-corrected chi connectivity index (χ4v) is 4.42. The Balaban J connectivity index is 1.74. The van der Waals surface area contributed by atoms with Gasteiger partial charge in [-0.1, -0.05) is 11.6 Å². The first-order chi connectivity index (χ1) is 15.3. The number of likely N-dealkylation sites (N-methyl/N-ethyl adjacent to an activating group) is 1. The molecule has 0 fully saturated rings. The summed E-state index contributed by atoms with van der Waals surface area (Å²) in [4.78, 5) is 30.8. The van der Waals surface area contributed by atoms with Crippen LogP contribution in [0.25, 0.3) is 22.8 Å². The van der Waals surface area contributed by atoms with Gasteiger partial charge in [0.15, 0.2) is 0 Å². The quantitative estimate of drug-likeness (QED) is 0.547. The van der Waals surface area contributed by atoms with Crippen LogP contribution in [0, 0.1) is 6.92 Å². The van der Waals surface area contributed by atoms with Gasteiger partial charge in [0.25, 0.3) is 11.8 Å². The molecule has 9 heteroatoms. The van der Waals surface area contributed by atoms with Crippen molar-refractivity contribution in [1.82, 2.24) is 19.7 Å². The van der Waals surface area contributed by atoms with Crippen molar-refractivity contribution in [1.29, 1.82) is 0 Å². The number of nitrogens with zero attached hydrogens (tertiary/aromatic N) is 3. The third-order valence-corrected chi connectivity index (χ3v) is 6.04. The van der Waals surface area contributed by atoms with Crippen LogP contribution in [-0.4, -0.2) is 51.7 Å². The zero-order valence-corrected chi connectivity index (χ0v) is 18.7. The van der Waals surface area contributed by atoms with E-state index in [1.165, 1.54) is 0 Å². The van der Waals surface area contributed by atoms with Crippen molar-refractivity contribution in [2.75, 3.05) is 25.5 Å². The van der Waals surface area contributed by atoms with Crippen LogP contribution >= 0.6 is 11.6 Å². The van der Waals surface area contributed by atoms with Crippen molar-refractivity contribution in [3.8, 4) is 11.1 Å². The topological polar surface area (TPSA) is 92.2 Å². The largest absolute Gasteiger partial charge is 0.373 e. The summed E-state index contributed by atoms with van der Waals surface area (Å²) in [5.41, 5.74) is 6.08. The van der Waals surface area contributed by atoms with E-state index in [0.29, 0.717) is 52.9 Å². The Hall–Kier alpha value is -3.36. The van der Waals surface area contributed by atoms with Gasteiger partial charge in [-0.2, -0.15) is 5.10 Å². The van der Waals surface area contributed by atoms with Crippen LogP contribution in [0.1, 0.15) is 33.0 Å². The van der Waals surface area contributed by atoms with Gasteiger partial charge in [-0.05, 0) is 36.8 Å². The van der Waals surface area contributed by atoms with Crippen LogP contribution in [0.5, 0.6) is 0 Å². The fourth-order valence-electron chi connectivity index (χ4n) is 4.15. The number of ether oxygens (including phenoxy) is 1. The number of fused-ring (bicyclic) bond motifs is 4. The van der Waals surface area contributed by atoms with Gasteiger partial charge in [0.05, 0.1) is 46.4 Å². The molecule has 0 radical (unpaired) electrons. The molecule has 4 heterocycles. The van der Waals surface area contributed by atoms with Crippen LogP contribution in [-0.2, 0) is 23.2 Å². The van der Waals surface area contributed by atoms with E-state index in [1.807, 2.05) is 32.3 Å². The SMILES string of the molecule is Cc1cc2c([nH]1)/C=C1\C(=O)Nc3c(Cl)cc(cc31)-c1cn(C)nc1COCCN(C)C2=O. The Kier molecular flexibility index (Phi) is 4.91. The Bertz CT molecular complexity index is 1300. The summed E-state index contributed by atoms with van der Waals surface area (Å²) in [6.07, 6.45) is 3.63. The van der Waals surface area contributed by atoms with E-state index in [2.05, 4.69) is 15.4 Å².